The van der Waals surface area contributed by atoms with Gasteiger partial charge in [0, 0.05) is 24.0 Å². The van der Waals surface area contributed by atoms with E-state index in [1.54, 1.807) is 4.90 Å². The fourth-order valence-electron chi connectivity index (χ4n) is 3.54. The molecule has 1 amide bonds. The standard InChI is InChI=1S/C21H21N3O4S/c1-27-21(26)15-7-9-24(10-8-15)17(25)11-28-19-18-16(14-5-3-2-4-6-14)12-29-20(18)23-13-22-19/h2-6,12-13,15H,7-11H2,1H3. The van der Waals surface area contributed by atoms with Crippen LogP contribution in [0.1, 0.15) is 12.8 Å². The lowest BCUT2D eigenvalue weighted by atomic mass is 9.97. The number of carbonyl (C=O) groups excluding carboxylic acids is 2. The van der Waals surface area contributed by atoms with Crippen LogP contribution in [0.4, 0.5) is 0 Å². The molecule has 150 valence electrons. The number of piperidine rings is 1. The Morgan fingerprint density at radius 2 is 1.93 bits per heavy atom. The van der Waals surface area contributed by atoms with Crippen molar-refractivity contribution in [3.8, 4) is 17.0 Å². The first-order chi connectivity index (χ1) is 14.2. The third-order valence-corrected chi connectivity index (χ3v) is 6.02. The van der Waals surface area contributed by atoms with Crippen LogP contribution in [0.15, 0.2) is 42.0 Å². The number of methoxy groups -OCH3 is 1. The van der Waals surface area contributed by atoms with E-state index in [-0.39, 0.29) is 24.4 Å². The van der Waals surface area contributed by atoms with Crippen LogP contribution in [-0.4, -0.2) is 53.6 Å². The number of likely N-dealkylation sites (tertiary alicyclic amines) is 1. The zero-order valence-electron chi connectivity index (χ0n) is 16.0. The van der Waals surface area contributed by atoms with Gasteiger partial charge in [0.15, 0.2) is 6.61 Å². The van der Waals surface area contributed by atoms with E-state index in [0.717, 1.165) is 21.3 Å². The number of aromatic nitrogens is 2. The Hall–Kier alpha value is -3.00. The van der Waals surface area contributed by atoms with Crippen molar-refractivity contribution in [1.82, 2.24) is 14.9 Å². The number of rotatable bonds is 5. The second-order valence-electron chi connectivity index (χ2n) is 6.84. The van der Waals surface area contributed by atoms with E-state index in [4.69, 9.17) is 9.47 Å². The second-order valence-corrected chi connectivity index (χ2v) is 7.70. The SMILES string of the molecule is COC(=O)C1CCN(C(=O)COc2ncnc3scc(-c4ccccc4)c23)CC1. The molecule has 7 nitrogen and oxygen atoms in total. The Morgan fingerprint density at radius 3 is 2.66 bits per heavy atom. The van der Waals surface area contributed by atoms with Crippen LogP contribution in [0, 0.1) is 5.92 Å². The minimum atomic E-state index is -0.206. The van der Waals surface area contributed by atoms with E-state index in [2.05, 4.69) is 9.97 Å². The maximum Gasteiger partial charge on any atom is 0.308 e. The molecule has 0 saturated carbocycles. The lowest BCUT2D eigenvalue weighted by Gasteiger charge is -2.30. The summed E-state index contributed by atoms with van der Waals surface area (Å²) in [4.78, 5) is 35.4. The molecule has 3 heterocycles. The molecular formula is C21H21N3O4S. The second kappa shape index (κ2) is 8.57. The van der Waals surface area contributed by atoms with Gasteiger partial charge in [-0.1, -0.05) is 30.3 Å². The van der Waals surface area contributed by atoms with Crippen LogP contribution < -0.4 is 4.74 Å². The number of thiophene rings is 1. The quantitative estimate of drug-likeness (QED) is 0.600. The maximum absolute atomic E-state index is 12.6. The number of carbonyl (C=O) groups is 2. The van der Waals surface area contributed by atoms with E-state index < -0.39 is 0 Å². The number of nitrogens with zero attached hydrogens (tertiary/aromatic N) is 3. The van der Waals surface area contributed by atoms with E-state index in [1.165, 1.54) is 24.8 Å². The predicted octanol–water partition coefficient (Wildman–Crippen LogP) is 3.15. The fourth-order valence-corrected chi connectivity index (χ4v) is 4.45. The third kappa shape index (κ3) is 4.07. The van der Waals surface area contributed by atoms with Gasteiger partial charge < -0.3 is 14.4 Å². The number of hydrogen-bond donors (Lipinski definition) is 0. The molecule has 0 N–H and O–H groups in total. The number of ether oxygens (including phenoxy) is 2. The smallest absolute Gasteiger partial charge is 0.308 e. The molecule has 3 aromatic rings. The Morgan fingerprint density at radius 1 is 1.17 bits per heavy atom. The molecule has 0 aliphatic carbocycles. The van der Waals surface area contributed by atoms with Gasteiger partial charge in [-0.3, -0.25) is 9.59 Å². The van der Waals surface area contributed by atoms with Crippen LogP contribution in [0.3, 0.4) is 0 Å². The van der Waals surface area contributed by atoms with Crippen molar-refractivity contribution in [2.24, 2.45) is 5.92 Å². The summed E-state index contributed by atoms with van der Waals surface area (Å²) in [6.07, 6.45) is 2.67. The molecule has 1 aliphatic heterocycles. The number of fused-ring (bicyclic) bond motifs is 1. The van der Waals surface area contributed by atoms with Gasteiger partial charge in [-0.05, 0) is 18.4 Å². The summed E-state index contributed by atoms with van der Waals surface area (Å²) in [6, 6.07) is 9.97. The summed E-state index contributed by atoms with van der Waals surface area (Å²) in [5.74, 6) is -0.0437. The molecule has 0 spiro atoms. The first-order valence-electron chi connectivity index (χ1n) is 9.43. The van der Waals surface area contributed by atoms with Crippen molar-refractivity contribution in [3.63, 3.8) is 0 Å². The summed E-state index contributed by atoms with van der Waals surface area (Å²) in [7, 11) is 1.39. The van der Waals surface area contributed by atoms with Gasteiger partial charge in [0.05, 0.1) is 18.4 Å². The monoisotopic (exact) mass is 411 g/mol. The molecule has 4 rings (SSSR count). The molecule has 1 aliphatic rings. The van der Waals surface area contributed by atoms with Gasteiger partial charge >= 0.3 is 5.97 Å². The molecule has 0 unspecified atom stereocenters. The van der Waals surface area contributed by atoms with E-state index in [9.17, 15) is 9.59 Å². The zero-order chi connectivity index (χ0) is 20.2. The highest BCUT2D eigenvalue weighted by molar-refractivity contribution is 7.17. The molecule has 1 aromatic carbocycles. The molecule has 1 saturated heterocycles. The Kier molecular flexibility index (Phi) is 5.71. The van der Waals surface area contributed by atoms with Gasteiger partial charge in [-0.2, -0.15) is 0 Å². The average Bonchev–Trinajstić information content (AvgIpc) is 3.22. The molecule has 29 heavy (non-hydrogen) atoms. The molecule has 0 radical (unpaired) electrons. The van der Waals surface area contributed by atoms with Crippen molar-refractivity contribution >= 4 is 33.4 Å². The Bertz CT molecular complexity index is 1010. The summed E-state index contributed by atoms with van der Waals surface area (Å²) in [5.41, 5.74) is 2.04. The van der Waals surface area contributed by atoms with Gasteiger partial charge in [0.2, 0.25) is 5.88 Å². The minimum absolute atomic E-state index is 0.0981. The highest BCUT2D eigenvalue weighted by atomic mass is 32.1. The highest BCUT2D eigenvalue weighted by Crippen LogP contribution is 2.37. The summed E-state index contributed by atoms with van der Waals surface area (Å²) < 4.78 is 10.6. The van der Waals surface area contributed by atoms with Gasteiger partial charge in [0.1, 0.15) is 11.2 Å². The Labute approximate surface area is 172 Å². The zero-order valence-corrected chi connectivity index (χ0v) is 16.9. The highest BCUT2D eigenvalue weighted by Gasteiger charge is 2.28. The fraction of sp³-hybridized carbons (Fsp3) is 0.333. The first-order valence-corrected chi connectivity index (χ1v) is 10.3. The van der Waals surface area contributed by atoms with Crippen molar-refractivity contribution in [1.29, 1.82) is 0 Å². The first kappa shape index (κ1) is 19.3. The topological polar surface area (TPSA) is 81.6 Å². The van der Waals surface area contributed by atoms with Crippen molar-refractivity contribution in [2.45, 2.75) is 12.8 Å². The molecular weight excluding hydrogens is 390 g/mol. The van der Waals surface area contributed by atoms with Crippen molar-refractivity contribution in [2.75, 3.05) is 26.8 Å². The maximum atomic E-state index is 12.6. The summed E-state index contributed by atoms with van der Waals surface area (Å²) in [6.45, 7) is 0.947. The summed E-state index contributed by atoms with van der Waals surface area (Å²) in [5, 5.41) is 2.85. The van der Waals surface area contributed by atoms with Crippen LogP contribution in [0.25, 0.3) is 21.3 Å². The number of amides is 1. The van der Waals surface area contributed by atoms with Crippen molar-refractivity contribution < 1.29 is 19.1 Å². The number of esters is 1. The number of benzene rings is 1. The predicted molar refractivity (Wildman–Crippen MR) is 110 cm³/mol. The van der Waals surface area contributed by atoms with Gasteiger partial charge in [-0.25, -0.2) is 9.97 Å². The van der Waals surface area contributed by atoms with Crippen LogP contribution in [0.2, 0.25) is 0 Å². The largest absolute Gasteiger partial charge is 0.469 e. The molecule has 0 atom stereocenters. The molecule has 8 heteroatoms. The van der Waals surface area contributed by atoms with Gasteiger partial charge in [-0.15, -0.1) is 11.3 Å². The Balaban J connectivity index is 1.46. The van der Waals surface area contributed by atoms with E-state index >= 15 is 0 Å². The van der Waals surface area contributed by atoms with E-state index in [1.807, 2.05) is 35.7 Å². The number of hydrogen-bond acceptors (Lipinski definition) is 7. The molecule has 0 bridgehead atoms. The average molecular weight is 411 g/mol. The van der Waals surface area contributed by atoms with Crippen molar-refractivity contribution in [3.05, 3.63) is 42.0 Å². The summed E-state index contributed by atoms with van der Waals surface area (Å²) >= 11 is 1.52. The minimum Gasteiger partial charge on any atom is -0.469 e. The normalized spacial score (nSPS) is 14.7. The molecule has 1 fully saturated rings. The van der Waals surface area contributed by atoms with Crippen LogP contribution in [-0.2, 0) is 14.3 Å². The molecule has 2 aromatic heterocycles. The van der Waals surface area contributed by atoms with E-state index in [0.29, 0.717) is 31.8 Å². The lowest BCUT2D eigenvalue weighted by Crippen LogP contribution is -2.42. The van der Waals surface area contributed by atoms with Crippen LogP contribution in [0.5, 0.6) is 5.88 Å². The lowest BCUT2D eigenvalue weighted by molar-refractivity contribution is -0.149. The third-order valence-electron chi connectivity index (χ3n) is 5.13. The van der Waals surface area contributed by atoms with Crippen LogP contribution >= 0.6 is 11.3 Å². The van der Waals surface area contributed by atoms with Gasteiger partial charge in [0.25, 0.3) is 5.91 Å².